The van der Waals surface area contributed by atoms with Gasteiger partial charge in [-0.05, 0) is 82.6 Å². The summed E-state index contributed by atoms with van der Waals surface area (Å²) in [5.74, 6) is 0.877. The number of anilines is 4. The number of benzene rings is 7. The summed E-state index contributed by atoms with van der Waals surface area (Å²) in [5.41, 5.74) is 13.3. The Labute approximate surface area is 333 Å². The monoisotopic (exact) mass is 888 g/mol. The summed E-state index contributed by atoms with van der Waals surface area (Å²) < 4.78 is 2.26. The maximum atomic E-state index is 5.18. The molecule has 55 heavy (non-hydrogen) atoms. The third-order valence-corrected chi connectivity index (χ3v) is 11.0. The van der Waals surface area contributed by atoms with Gasteiger partial charge in [0.1, 0.15) is 22.9 Å². The Hall–Kier alpha value is -6.26. The Morgan fingerprint density at radius 3 is 1.98 bits per heavy atom. The van der Waals surface area contributed by atoms with Gasteiger partial charge in [-0.1, -0.05) is 108 Å². The summed E-state index contributed by atoms with van der Waals surface area (Å²) >= 11 is 0. The van der Waals surface area contributed by atoms with E-state index in [1.165, 1.54) is 27.6 Å². The van der Waals surface area contributed by atoms with Gasteiger partial charge in [0.15, 0.2) is 0 Å². The molecule has 5 nitrogen and oxygen atoms in total. The molecule has 2 aromatic heterocycles. The van der Waals surface area contributed by atoms with Crippen molar-refractivity contribution in [1.29, 1.82) is 0 Å². The fraction of sp³-hybridized carbons (Fsp3) is 0.0408. The second-order valence-corrected chi connectivity index (χ2v) is 14.0. The molecule has 0 amide bonds. The minimum atomic E-state index is -0.725. The van der Waals surface area contributed by atoms with Gasteiger partial charge in [0.2, 0.25) is 0 Å². The van der Waals surface area contributed by atoms with Crippen molar-refractivity contribution >= 4 is 44.6 Å². The molecule has 0 bridgehead atoms. The van der Waals surface area contributed by atoms with E-state index in [0.717, 1.165) is 61.7 Å². The summed E-state index contributed by atoms with van der Waals surface area (Å²) in [6.45, 7) is 2.11. The number of nitrogens with zero attached hydrogens (tertiary/aromatic N) is 4. The predicted molar refractivity (Wildman–Crippen MR) is 217 cm³/mol. The van der Waals surface area contributed by atoms with E-state index in [1.54, 1.807) is 0 Å². The second-order valence-electron chi connectivity index (χ2n) is 14.0. The molecule has 0 saturated carbocycles. The van der Waals surface area contributed by atoms with Crippen molar-refractivity contribution in [2.24, 2.45) is 0 Å². The van der Waals surface area contributed by atoms with Crippen molar-refractivity contribution < 1.29 is 26.0 Å². The normalized spacial score (nSPS) is 13.8. The van der Waals surface area contributed by atoms with Crippen LogP contribution in [0.15, 0.2) is 176 Å². The predicted octanol–water partition coefficient (Wildman–Crippen LogP) is 11.6. The molecule has 0 unspecified atom stereocenters. The third kappa shape index (κ3) is 4.90. The van der Waals surface area contributed by atoms with Crippen LogP contribution < -0.4 is 10.1 Å². The standard InChI is InChI=1S/C49H32N4O.Pt/c1-33-28-29-50-48(30-33)51-44-23-10-7-20-40(44)41-27-26-35(32-47(41)51)49(42-21-8-5-18-38(42)39-19-6-9-22-43(39)49)34-14-13-17-37(31-34)53-46-25-12-11-24-45(46)52(54-53)36-15-3-2-4-16-36;/h2-30H,1H3;/q-2;/p+1. The first-order valence-corrected chi connectivity index (χ1v) is 18.3. The van der Waals surface area contributed by atoms with Gasteiger partial charge in [-0.3, -0.25) is 0 Å². The summed E-state index contributed by atoms with van der Waals surface area (Å²) in [7, 11) is 0. The molecule has 1 aliphatic carbocycles. The van der Waals surface area contributed by atoms with Gasteiger partial charge < -0.3 is 4.57 Å². The van der Waals surface area contributed by atoms with Crippen molar-refractivity contribution in [3.05, 3.63) is 216 Å². The molecule has 266 valence electrons. The van der Waals surface area contributed by atoms with E-state index in [1.807, 2.05) is 40.6 Å². The minimum absolute atomic E-state index is 0. The van der Waals surface area contributed by atoms with Gasteiger partial charge in [-0.25, -0.2) is 4.98 Å². The van der Waals surface area contributed by atoms with E-state index in [0.29, 0.717) is 0 Å². The van der Waals surface area contributed by atoms with E-state index in [4.69, 9.17) is 9.92 Å². The Morgan fingerprint density at radius 1 is 0.564 bits per heavy atom. The van der Waals surface area contributed by atoms with Crippen molar-refractivity contribution in [3.63, 3.8) is 0 Å². The van der Waals surface area contributed by atoms with E-state index in [2.05, 4.69) is 169 Å². The Morgan fingerprint density at radius 2 is 1.22 bits per heavy atom. The number of aromatic nitrogens is 2. The summed E-state index contributed by atoms with van der Waals surface area (Å²) in [6, 6.07) is 68.1. The molecule has 11 rings (SSSR count). The van der Waals surface area contributed by atoms with E-state index in [9.17, 15) is 0 Å². The minimum Gasteiger partial charge on any atom is -0.319 e. The van der Waals surface area contributed by atoms with E-state index in [-0.39, 0.29) is 21.1 Å². The summed E-state index contributed by atoms with van der Waals surface area (Å²) in [5, 5.41) is 6.33. The number of hydrogen-bond acceptors (Lipinski definition) is 3. The average Bonchev–Trinajstić information content (AvgIpc) is 3.88. The van der Waals surface area contributed by atoms with Crippen molar-refractivity contribution in [2.45, 2.75) is 12.3 Å². The fourth-order valence-electron chi connectivity index (χ4n) is 8.70. The first kappa shape index (κ1) is 33.3. The van der Waals surface area contributed by atoms with Crippen LogP contribution in [0.5, 0.6) is 0 Å². The Kier molecular flexibility index (Phi) is 7.84. The number of fused-ring (bicyclic) bond motifs is 7. The van der Waals surface area contributed by atoms with Gasteiger partial charge in [0.05, 0.1) is 0 Å². The van der Waals surface area contributed by atoms with Crippen molar-refractivity contribution in [1.82, 2.24) is 9.55 Å². The largest absolute Gasteiger partial charge is 0.319 e. The first-order valence-electron chi connectivity index (χ1n) is 18.3. The number of hydrogen-bond donors (Lipinski definition) is 0. The molecular weight excluding hydrogens is 856 g/mol. The van der Waals surface area contributed by atoms with Crippen LogP contribution in [-0.2, 0) is 26.5 Å². The van der Waals surface area contributed by atoms with Gasteiger partial charge in [-0.15, -0.1) is 33.7 Å². The van der Waals surface area contributed by atoms with Crippen LogP contribution in [0, 0.1) is 19.1 Å². The topological polar surface area (TPSA) is 37.1 Å². The van der Waals surface area contributed by atoms with Crippen molar-refractivity contribution in [3.8, 4) is 16.9 Å². The second kappa shape index (κ2) is 12.9. The molecule has 9 aromatic rings. The first-order chi connectivity index (χ1) is 26.7. The molecule has 1 N–H and O–H groups in total. The molecule has 2 aliphatic rings. The average molecular weight is 889 g/mol. The number of aryl methyl sites for hydroxylation is 1. The Bertz CT molecular complexity index is 2870. The quantitative estimate of drug-likeness (QED) is 0.128. The maximum absolute atomic E-state index is 5.18. The van der Waals surface area contributed by atoms with Gasteiger partial charge in [0.25, 0.3) is 0 Å². The van der Waals surface area contributed by atoms with Gasteiger partial charge in [0, 0.05) is 43.9 Å². The molecule has 0 spiro atoms. The molecule has 7 aromatic carbocycles. The fourth-order valence-corrected chi connectivity index (χ4v) is 8.70. The van der Waals surface area contributed by atoms with E-state index < -0.39 is 5.41 Å². The molecule has 0 fully saturated rings. The number of pyridine rings is 1. The van der Waals surface area contributed by atoms with Crippen LogP contribution in [-0.4, -0.2) is 14.5 Å². The third-order valence-electron chi connectivity index (χ3n) is 11.0. The van der Waals surface area contributed by atoms with Crippen LogP contribution in [0.1, 0.15) is 27.8 Å². The zero-order valence-electron chi connectivity index (χ0n) is 29.8. The molecule has 1 aliphatic heterocycles. The number of para-hydroxylation sites is 4. The number of rotatable bonds is 5. The van der Waals surface area contributed by atoms with Gasteiger partial charge in [-0.2, -0.15) is 35.3 Å². The zero-order valence-corrected chi connectivity index (χ0v) is 32.1. The molecule has 6 heteroatoms. The molecule has 0 atom stereocenters. The van der Waals surface area contributed by atoms with Gasteiger partial charge >= 0.3 is 0 Å². The maximum Gasteiger partial charge on any atom is 0.148 e. The van der Waals surface area contributed by atoms with Crippen LogP contribution in [0.25, 0.3) is 38.8 Å². The SMILES string of the molecule is Cc1ccnc(-n2c3[c-]c(C4(c5[c-]c(N6[OH+]N(c7ccccc7)c7ccccc76)ccc5)c5ccccc5-c5ccccc54)ccc3c3ccccc32)c1.[Pt]. The van der Waals surface area contributed by atoms with Crippen molar-refractivity contribution in [2.75, 3.05) is 10.1 Å². The zero-order chi connectivity index (χ0) is 35.8. The summed E-state index contributed by atoms with van der Waals surface area (Å²) in [6.07, 6.45) is 1.89. The van der Waals surface area contributed by atoms with Crippen LogP contribution in [0.3, 0.4) is 0 Å². The molecule has 3 heterocycles. The Balaban J connectivity index is 0.00000372. The van der Waals surface area contributed by atoms with Crippen LogP contribution in [0.2, 0.25) is 0 Å². The van der Waals surface area contributed by atoms with Crippen LogP contribution >= 0.6 is 0 Å². The summed E-state index contributed by atoms with van der Waals surface area (Å²) in [4.78, 5) is 10.1. The molecule has 0 radical (unpaired) electrons. The van der Waals surface area contributed by atoms with Crippen LogP contribution in [0.4, 0.5) is 22.7 Å². The molecule has 0 saturated heterocycles. The smallest absolute Gasteiger partial charge is 0.148 e. The van der Waals surface area contributed by atoms with E-state index >= 15 is 0 Å². The molecular formula is C49H33N4OPt-.